The number of carbonyl (C=O) groups is 1. The Hall–Kier alpha value is -3.07. The van der Waals surface area contributed by atoms with Gasteiger partial charge < -0.3 is 9.88 Å². The molecule has 0 aliphatic carbocycles. The molecule has 1 aliphatic rings. The van der Waals surface area contributed by atoms with Gasteiger partial charge in [-0.3, -0.25) is 4.79 Å². The molecule has 3 heterocycles. The standard InChI is InChI=1S/C18H16F2N4O3/c1-10-12(19)8-13(20)16-15(10)21-17(22-16)18(25)23-7-5-14-11(9-23)4-3-6-24(14)27-26-2/h3-4,6,8H,5,7,9H2,1-2H3/p+1. The van der Waals surface area contributed by atoms with Crippen LogP contribution in [0.5, 0.6) is 0 Å². The lowest BCUT2D eigenvalue weighted by Gasteiger charge is -2.25. The first-order valence-corrected chi connectivity index (χ1v) is 8.36. The largest absolute Gasteiger partial charge is 0.333 e. The van der Waals surface area contributed by atoms with Crippen molar-refractivity contribution in [2.24, 2.45) is 0 Å². The number of aromatic nitrogens is 3. The van der Waals surface area contributed by atoms with Gasteiger partial charge in [0.15, 0.2) is 11.6 Å². The topological polar surface area (TPSA) is 71.3 Å². The van der Waals surface area contributed by atoms with Crippen LogP contribution in [0, 0.1) is 18.6 Å². The van der Waals surface area contributed by atoms with Gasteiger partial charge in [-0.2, -0.15) is 0 Å². The molecule has 0 saturated heterocycles. The van der Waals surface area contributed by atoms with E-state index in [1.165, 1.54) is 18.8 Å². The van der Waals surface area contributed by atoms with Crippen LogP contribution in [0.2, 0.25) is 0 Å². The fourth-order valence-corrected chi connectivity index (χ4v) is 3.30. The zero-order chi connectivity index (χ0) is 19.1. The van der Waals surface area contributed by atoms with Gasteiger partial charge in [-0.05, 0) is 13.0 Å². The Bertz CT molecular complexity index is 1050. The number of imidazole rings is 1. The van der Waals surface area contributed by atoms with Gasteiger partial charge in [-0.15, -0.1) is 4.89 Å². The number of hydrogen-bond donors (Lipinski definition) is 1. The van der Waals surface area contributed by atoms with Crippen LogP contribution in [0.25, 0.3) is 11.0 Å². The number of aromatic amines is 1. The first-order valence-electron chi connectivity index (χ1n) is 8.36. The minimum absolute atomic E-state index is 0.0157. The van der Waals surface area contributed by atoms with Gasteiger partial charge in [0, 0.05) is 34.5 Å². The van der Waals surface area contributed by atoms with Crippen molar-refractivity contribution in [2.45, 2.75) is 19.9 Å². The molecule has 4 rings (SSSR count). The fraction of sp³-hybridized carbons (Fsp3) is 0.278. The number of halogens is 2. The number of benzene rings is 1. The van der Waals surface area contributed by atoms with E-state index in [1.54, 1.807) is 17.2 Å². The van der Waals surface area contributed by atoms with E-state index < -0.39 is 11.6 Å². The Kier molecular flexibility index (Phi) is 4.23. The minimum atomic E-state index is -0.801. The molecular weight excluding hydrogens is 358 g/mol. The summed E-state index contributed by atoms with van der Waals surface area (Å²) in [5, 5.41) is 0. The van der Waals surface area contributed by atoms with Crippen LogP contribution < -0.4 is 9.72 Å². The molecule has 9 heteroatoms. The van der Waals surface area contributed by atoms with Crippen molar-refractivity contribution < 1.29 is 28.2 Å². The second-order valence-electron chi connectivity index (χ2n) is 6.30. The molecule has 1 aliphatic heterocycles. The van der Waals surface area contributed by atoms with Crippen molar-refractivity contribution in [1.82, 2.24) is 14.9 Å². The predicted molar refractivity (Wildman–Crippen MR) is 89.4 cm³/mol. The predicted octanol–water partition coefficient (Wildman–Crippen LogP) is 1.63. The molecule has 0 spiro atoms. The van der Waals surface area contributed by atoms with Crippen LogP contribution in [0.1, 0.15) is 27.4 Å². The highest BCUT2D eigenvalue weighted by Crippen LogP contribution is 2.24. The summed E-state index contributed by atoms with van der Waals surface area (Å²) in [6, 6.07) is 4.45. The number of nitrogens with one attached hydrogen (secondary N) is 1. The lowest BCUT2D eigenvalue weighted by molar-refractivity contribution is -0.961. The molecule has 27 heavy (non-hydrogen) atoms. The maximum atomic E-state index is 14.0. The van der Waals surface area contributed by atoms with Crippen molar-refractivity contribution in [3.8, 4) is 0 Å². The summed E-state index contributed by atoms with van der Waals surface area (Å²) in [4.78, 5) is 31.1. The molecule has 1 aromatic carbocycles. The summed E-state index contributed by atoms with van der Waals surface area (Å²) in [5.74, 6) is -1.88. The Balaban J connectivity index is 1.65. The highest BCUT2D eigenvalue weighted by Gasteiger charge is 2.30. The van der Waals surface area contributed by atoms with Gasteiger partial charge in [-0.1, -0.05) is 4.99 Å². The molecule has 140 valence electrons. The zero-order valence-corrected chi connectivity index (χ0v) is 14.8. The van der Waals surface area contributed by atoms with Crippen molar-refractivity contribution in [3.05, 3.63) is 58.7 Å². The fourth-order valence-electron chi connectivity index (χ4n) is 3.30. The molecule has 0 radical (unpaired) electrons. The molecule has 0 fully saturated rings. The highest BCUT2D eigenvalue weighted by molar-refractivity contribution is 5.95. The van der Waals surface area contributed by atoms with Crippen molar-refractivity contribution in [1.29, 1.82) is 0 Å². The average Bonchev–Trinajstić information content (AvgIpc) is 3.12. The van der Waals surface area contributed by atoms with Gasteiger partial charge in [0.25, 0.3) is 5.91 Å². The average molecular weight is 375 g/mol. The Morgan fingerprint density at radius 3 is 2.96 bits per heavy atom. The highest BCUT2D eigenvalue weighted by atomic mass is 19.1. The molecule has 7 nitrogen and oxygen atoms in total. The monoisotopic (exact) mass is 375 g/mol. The summed E-state index contributed by atoms with van der Waals surface area (Å²) < 4.78 is 29.2. The smallest absolute Gasteiger partial charge is 0.289 e. The zero-order valence-electron chi connectivity index (χ0n) is 14.8. The maximum Gasteiger partial charge on any atom is 0.289 e. The molecule has 0 atom stereocenters. The summed E-state index contributed by atoms with van der Waals surface area (Å²) in [7, 11) is 1.41. The third kappa shape index (κ3) is 2.89. The lowest BCUT2D eigenvalue weighted by Crippen LogP contribution is -2.50. The number of rotatable bonds is 3. The third-order valence-corrected chi connectivity index (χ3v) is 4.70. The van der Waals surface area contributed by atoms with Crippen LogP contribution in [0.3, 0.4) is 0 Å². The molecule has 0 saturated carbocycles. The third-order valence-electron chi connectivity index (χ3n) is 4.70. The van der Waals surface area contributed by atoms with E-state index in [1.807, 2.05) is 6.07 Å². The molecule has 0 unspecified atom stereocenters. The number of fused-ring (bicyclic) bond motifs is 2. The second kappa shape index (κ2) is 6.58. The number of carbonyl (C=O) groups excluding carboxylic acids is 1. The van der Waals surface area contributed by atoms with E-state index >= 15 is 0 Å². The van der Waals surface area contributed by atoms with Gasteiger partial charge >= 0.3 is 0 Å². The summed E-state index contributed by atoms with van der Waals surface area (Å²) in [5.41, 5.74) is 2.18. The second-order valence-corrected chi connectivity index (χ2v) is 6.30. The van der Waals surface area contributed by atoms with Gasteiger partial charge in [0.2, 0.25) is 11.9 Å². The number of pyridine rings is 1. The van der Waals surface area contributed by atoms with E-state index in [0.29, 0.717) is 19.5 Å². The van der Waals surface area contributed by atoms with Crippen LogP contribution in [0.15, 0.2) is 24.4 Å². The summed E-state index contributed by atoms with van der Waals surface area (Å²) >= 11 is 0. The lowest BCUT2D eigenvalue weighted by atomic mass is 10.1. The van der Waals surface area contributed by atoms with E-state index in [4.69, 9.17) is 9.88 Å². The number of amides is 1. The molecule has 1 amide bonds. The van der Waals surface area contributed by atoms with Crippen molar-refractivity contribution in [2.75, 3.05) is 13.7 Å². The number of H-pyrrole nitrogens is 1. The Labute approximate surface area is 153 Å². The molecule has 0 bridgehead atoms. The number of hydrogen-bond acceptors (Lipinski definition) is 4. The molecular formula is C18H17F2N4O3+. The SMILES string of the molecule is COO[n+]1cccc2c1CCN(C(=O)c1nc3c(F)cc(F)c(C)c3[nH]1)C2. The normalized spacial score (nSPS) is 13.7. The van der Waals surface area contributed by atoms with E-state index in [-0.39, 0.29) is 28.3 Å². The quantitative estimate of drug-likeness (QED) is 0.429. The van der Waals surface area contributed by atoms with E-state index in [2.05, 4.69) is 9.97 Å². The van der Waals surface area contributed by atoms with Gasteiger partial charge in [0.05, 0.1) is 25.6 Å². The van der Waals surface area contributed by atoms with Crippen LogP contribution in [-0.2, 0) is 17.9 Å². The minimum Gasteiger partial charge on any atom is -0.333 e. The number of nitrogens with zero attached hydrogens (tertiary/aromatic N) is 3. The summed E-state index contributed by atoms with van der Waals surface area (Å²) in [6.45, 7) is 2.28. The van der Waals surface area contributed by atoms with Crippen LogP contribution >= 0.6 is 0 Å². The molecule has 1 N–H and O–H groups in total. The first-order chi connectivity index (χ1) is 13.0. The van der Waals surface area contributed by atoms with E-state index in [0.717, 1.165) is 17.3 Å². The number of aryl methyl sites for hydroxylation is 1. The Morgan fingerprint density at radius 1 is 1.37 bits per heavy atom. The Morgan fingerprint density at radius 2 is 2.19 bits per heavy atom. The molecule has 2 aromatic heterocycles. The van der Waals surface area contributed by atoms with Crippen LogP contribution in [0.4, 0.5) is 8.78 Å². The first kappa shape index (κ1) is 17.3. The maximum absolute atomic E-state index is 14.0. The van der Waals surface area contributed by atoms with Crippen LogP contribution in [-0.4, -0.2) is 34.4 Å². The van der Waals surface area contributed by atoms with Crippen molar-refractivity contribution >= 4 is 16.9 Å². The van der Waals surface area contributed by atoms with Gasteiger partial charge in [0.1, 0.15) is 11.3 Å². The van der Waals surface area contributed by atoms with Crippen molar-refractivity contribution in [3.63, 3.8) is 0 Å². The van der Waals surface area contributed by atoms with Gasteiger partial charge in [-0.25, -0.2) is 13.8 Å². The molecule has 3 aromatic rings. The summed E-state index contributed by atoms with van der Waals surface area (Å²) in [6.07, 6.45) is 2.27. The van der Waals surface area contributed by atoms with E-state index in [9.17, 15) is 13.6 Å².